The fourth-order valence-electron chi connectivity index (χ4n) is 2.01. The summed E-state index contributed by atoms with van der Waals surface area (Å²) in [4.78, 5) is 11.6. The van der Waals surface area contributed by atoms with Crippen molar-refractivity contribution in [3.05, 3.63) is 46.1 Å². The van der Waals surface area contributed by atoms with Crippen molar-refractivity contribution < 1.29 is 13.2 Å². The lowest BCUT2D eigenvalue weighted by Crippen LogP contribution is -2.04. The van der Waals surface area contributed by atoms with Crippen LogP contribution in [0.4, 0.5) is 13.2 Å². The molecule has 0 fully saturated rings. The lowest BCUT2D eigenvalue weighted by molar-refractivity contribution is -0.137. The Labute approximate surface area is 126 Å². The number of hydrogen-bond donors (Lipinski definition) is 1. The molecule has 0 radical (unpaired) electrons. The Kier molecular flexibility index (Phi) is 3.24. The summed E-state index contributed by atoms with van der Waals surface area (Å²) in [5.74, 6) is 0.493. The Morgan fingerprint density at radius 1 is 1.14 bits per heavy atom. The van der Waals surface area contributed by atoms with E-state index in [1.54, 1.807) is 6.20 Å². The molecule has 0 saturated heterocycles. The highest BCUT2D eigenvalue weighted by molar-refractivity contribution is 9.10. The molecule has 1 N–H and O–H groups in total. The second-order valence-electron chi connectivity index (χ2n) is 4.59. The van der Waals surface area contributed by atoms with Gasteiger partial charge in [0, 0.05) is 16.2 Å². The van der Waals surface area contributed by atoms with E-state index in [4.69, 9.17) is 0 Å². The molecular weight excluding hydrogens is 347 g/mol. The maximum absolute atomic E-state index is 12.5. The summed E-state index contributed by atoms with van der Waals surface area (Å²) in [6.07, 6.45) is -2.69. The summed E-state index contributed by atoms with van der Waals surface area (Å²) in [6.45, 7) is 1.91. The molecule has 0 aliphatic carbocycles. The van der Waals surface area contributed by atoms with E-state index in [9.17, 15) is 13.2 Å². The molecule has 0 bridgehead atoms. The third-order valence-corrected chi connectivity index (χ3v) is 4.00. The average molecular weight is 356 g/mol. The summed E-state index contributed by atoms with van der Waals surface area (Å²) >= 11 is 3.38. The molecule has 2 aromatic heterocycles. The topological polar surface area (TPSA) is 41.6 Å². The zero-order valence-electron chi connectivity index (χ0n) is 10.8. The summed E-state index contributed by atoms with van der Waals surface area (Å²) in [6, 6.07) is 4.87. The highest BCUT2D eigenvalue weighted by Crippen LogP contribution is 2.31. The number of nitrogens with zero attached hydrogens (tertiary/aromatic N) is 2. The highest BCUT2D eigenvalue weighted by atomic mass is 79.9. The first-order chi connectivity index (χ1) is 9.86. The van der Waals surface area contributed by atoms with Crippen molar-refractivity contribution in [3.63, 3.8) is 0 Å². The van der Waals surface area contributed by atoms with Crippen LogP contribution in [0.5, 0.6) is 0 Å². The van der Waals surface area contributed by atoms with Crippen molar-refractivity contribution in [1.82, 2.24) is 15.0 Å². The molecule has 0 saturated carbocycles. The van der Waals surface area contributed by atoms with Crippen LogP contribution in [0.25, 0.3) is 22.6 Å². The number of halogens is 4. The molecule has 0 atom stereocenters. The van der Waals surface area contributed by atoms with Gasteiger partial charge in [-0.2, -0.15) is 13.2 Å². The Morgan fingerprint density at radius 3 is 2.43 bits per heavy atom. The summed E-state index contributed by atoms with van der Waals surface area (Å²) in [5.41, 5.74) is 2.14. The van der Waals surface area contributed by atoms with Crippen LogP contribution in [-0.4, -0.2) is 15.0 Å². The van der Waals surface area contributed by atoms with Crippen LogP contribution < -0.4 is 0 Å². The molecule has 0 aliphatic heterocycles. The lowest BCUT2D eigenvalue weighted by atomic mass is 10.1. The van der Waals surface area contributed by atoms with E-state index in [0.717, 1.165) is 27.7 Å². The number of aromatic nitrogens is 3. The van der Waals surface area contributed by atoms with Crippen LogP contribution in [0.3, 0.4) is 0 Å². The minimum Gasteiger partial charge on any atom is -0.336 e. The normalized spacial score (nSPS) is 12.0. The maximum atomic E-state index is 12.5. The van der Waals surface area contributed by atoms with E-state index in [1.165, 1.54) is 12.1 Å². The predicted octanol–water partition coefficient (Wildman–Crippen LogP) is 4.71. The average Bonchev–Trinajstić information content (AvgIpc) is 2.87. The molecule has 7 heteroatoms. The predicted molar refractivity (Wildman–Crippen MR) is 76.8 cm³/mol. The second-order valence-corrected chi connectivity index (χ2v) is 5.44. The number of H-pyrrole nitrogens is 1. The van der Waals surface area contributed by atoms with Gasteiger partial charge in [-0.25, -0.2) is 9.97 Å². The fraction of sp³-hybridized carbons (Fsp3) is 0.143. The minimum absolute atomic E-state index is 0.493. The molecule has 3 nitrogen and oxygen atoms in total. The third kappa shape index (κ3) is 2.53. The number of imidazole rings is 1. The number of nitrogens with one attached hydrogen (secondary N) is 1. The van der Waals surface area contributed by atoms with Gasteiger partial charge in [-0.05, 0) is 40.5 Å². The Bertz CT molecular complexity index is 807. The van der Waals surface area contributed by atoms with Gasteiger partial charge in [-0.3, -0.25) is 0 Å². The Morgan fingerprint density at radius 2 is 1.81 bits per heavy atom. The smallest absolute Gasteiger partial charge is 0.336 e. The van der Waals surface area contributed by atoms with Gasteiger partial charge >= 0.3 is 6.18 Å². The van der Waals surface area contributed by atoms with Crippen molar-refractivity contribution in [3.8, 4) is 11.4 Å². The SMILES string of the molecule is Cc1c(Br)cnc2nc(-c3ccc(C(F)(F)F)cc3)[nH]c12. The van der Waals surface area contributed by atoms with Crippen molar-refractivity contribution in [2.24, 2.45) is 0 Å². The van der Waals surface area contributed by atoms with Gasteiger partial charge in [0.15, 0.2) is 5.65 Å². The molecule has 3 aromatic rings. The number of aromatic amines is 1. The Balaban J connectivity index is 2.06. The first kappa shape index (κ1) is 14.1. The molecule has 0 unspecified atom stereocenters. The van der Waals surface area contributed by atoms with E-state index in [0.29, 0.717) is 17.0 Å². The van der Waals surface area contributed by atoms with E-state index < -0.39 is 11.7 Å². The zero-order chi connectivity index (χ0) is 15.2. The van der Waals surface area contributed by atoms with E-state index in [1.807, 2.05) is 6.92 Å². The van der Waals surface area contributed by atoms with E-state index in [2.05, 4.69) is 30.9 Å². The van der Waals surface area contributed by atoms with Crippen LogP contribution in [-0.2, 0) is 6.18 Å². The number of benzene rings is 1. The van der Waals surface area contributed by atoms with E-state index >= 15 is 0 Å². The number of alkyl halides is 3. The van der Waals surface area contributed by atoms with Crippen LogP contribution in [0.2, 0.25) is 0 Å². The van der Waals surface area contributed by atoms with Crippen LogP contribution in [0.1, 0.15) is 11.1 Å². The Hall–Kier alpha value is -1.89. The molecule has 21 heavy (non-hydrogen) atoms. The van der Waals surface area contributed by atoms with Gasteiger partial charge in [0.05, 0.1) is 11.1 Å². The molecule has 0 aliphatic rings. The van der Waals surface area contributed by atoms with Gasteiger partial charge < -0.3 is 4.98 Å². The first-order valence-corrected chi connectivity index (χ1v) is 6.84. The van der Waals surface area contributed by atoms with Crippen molar-refractivity contribution in [1.29, 1.82) is 0 Å². The van der Waals surface area contributed by atoms with Gasteiger partial charge in [0.1, 0.15) is 5.82 Å². The molecule has 2 heterocycles. The number of pyridine rings is 1. The van der Waals surface area contributed by atoms with Crippen molar-refractivity contribution in [2.75, 3.05) is 0 Å². The van der Waals surface area contributed by atoms with Gasteiger partial charge in [-0.1, -0.05) is 12.1 Å². The molecular formula is C14H9BrF3N3. The zero-order valence-corrected chi connectivity index (χ0v) is 12.4. The fourth-order valence-corrected chi connectivity index (χ4v) is 2.31. The highest BCUT2D eigenvalue weighted by Gasteiger charge is 2.30. The monoisotopic (exact) mass is 355 g/mol. The van der Waals surface area contributed by atoms with Gasteiger partial charge in [-0.15, -0.1) is 0 Å². The quantitative estimate of drug-likeness (QED) is 0.686. The summed E-state index contributed by atoms with van der Waals surface area (Å²) < 4.78 is 38.5. The van der Waals surface area contributed by atoms with Crippen LogP contribution >= 0.6 is 15.9 Å². The molecule has 3 rings (SSSR count). The van der Waals surface area contributed by atoms with Gasteiger partial charge in [0.2, 0.25) is 0 Å². The number of aryl methyl sites for hydroxylation is 1. The largest absolute Gasteiger partial charge is 0.416 e. The number of fused-ring (bicyclic) bond motifs is 1. The summed E-state index contributed by atoms with van der Waals surface area (Å²) in [5, 5.41) is 0. The molecule has 1 aromatic carbocycles. The summed E-state index contributed by atoms with van der Waals surface area (Å²) in [7, 11) is 0. The number of rotatable bonds is 1. The first-order valence-electron chi connectivity index (χ1n) is 6.04. The van der Waals surface area contributed by atoms with Gasteiger partial charge in [0.25, 0.3) is 0 Å². The molecule has 0 amide bonds. The maximum Gasteiger partial charge on any atom is 0.416 e. The second kappa shape index (κ2) is 4.84. The van der Waals surface area contributed by atoms with Crippen molar-refractivity contribution in [2.45, 2.75) is 13.1 Å². The van der Waals surface area contributed by atoms with E-state index in [-0.39, 0.29) is 0 Å². The lowest BCUT2D eigenvalue weighted by Gasteiger charge is -2.06. The van der Waals surface area contributed by atoms with Crippen LogP contribution in [0.15, 0.2) is 34.9 Å². The molecule has 0 spiro atoms. The third-order valence-electron chi connectivity index (χ3n) is 3.20. The van der Waals surface area contributed by atoms with Crippen LogP contribution in [0, 0.1) is 6.92 Å². The molecule has 108 valence electrons. The minimum atomic E-state index is -4.34. The van der Waals surface area contributed by atoms with Crippen molar-refractivity contribution >= 4 is 27.1 Å². The number of hydrogen-bond acceptors (Lipinski definition) is 2. The standard InChI is InChI=1S/C14H9BrF3N3/c1-7-10(15)6-19-13-11(7)20-12(21-13)8-2-4-9(5-3-8)14(16,17)18/h2-6H,1H3,(H,19,20,21).